The maximum absolute atomic E-state index is 12.8. The van der Waals surface area contributed by atoms with Gasteiger partial charge in [0.1, 0.15) is 0 Å². The van der Waals surface area contributed by atoms with Gasteiger partial charge in [0.15, 0.2) is 17.3 Å². The summed E-state index contributed by atoms with van der Waals surface area (Å²) in [5.74, 6) is 2.69. The number of likely N-dealkylation sites (tertiary alicyclic amines) is 1. The first-order valence-corrected chi connectivity index (χ1v) is 9.80. The van der Waals surface area contributed by atoms with Gasteiger partial charge < -0.3 is 14.0 Å². The van der Waals surface area contributed by atoms with Gasteiger partial charge in [-0.1, -0.05) is 35.5 Å². The Bertz CT molecular complexity index is 1020. The van der Waals surface area contributed by atoms with E-state index in [2.05, 4.69) is 15.0 Å². The third-order valence-electron chi connectivity index (χ3n) is 5.39. The number of carbonyl (C=O) groups is 1. The molecule has 0 N–H and O–H groups in total. The van der Waals surface area contributed by atoms with Gasteiger partial charge in [-0.05, 0) is 37.6 Å². The van der Waals surface area contributed by atoms with E-state index < -0.39 is 0 Å². The van der Waals surface area contributed by atoms with Gasteiger partial charge in [-0.15, -0.1) is 0 Å². The average Bonchev–Trinajstić information content (AvgIpc) is 3.43. The molecule has 2 aliphatic rings. The molecule has 1 saturated heterocycles. The molecule has 3 heterocycles. The number of benzene rings is 2. The summed E-state index contributed by atoms with van der Waals surface area (Å²) in [7, 11) is 0. The molecule has 0 amide bonds. The number of nitrogens with zero attached hydrogens (tertiary/aromatic N) is 3. The van der Waals surface area contributed by atoms with Crippen molar-refractivity contribution in [3.05, 3.63) is 60.0 Å². The molecule has 0 aliphatic carbocycles. The number of Topliss-reactive ketones (excluding diaryl/α,β-unsaturated/α-hetero) is 1. The van der Waals surface area contributed by atoms with Crippen LogP contribution in [0.4, 0.5) is 0 Å². The second-order valence-corrected chi connectivity index (χ2v) is 7.38. The highest BCUT2D eigenvalue weighted by Gasteiger charge is 2.27. The topological polar surface area (TPSA) is 77.7 Å². The highest BCUT2D eigenvalue weighted by atomic mass is 16.7. The molecule has 3 aromatic rings. The Balaban J connectivity index is 1.25. The van der Waals surface area contributed by atoms with Gasteiger partial charge in [0, 0.05) is 23.6 Å². The predicted molar refractivity (Wildman–Crippen MR) is 105 cm³/mol. The van der Waals surface area contributed by atoms with Crippen LogP contribution in [0, 0.1) is 5.92 Å². The Labute approximate surface area is 168 Å². The van der Waals surface area contributed by atoms with Crippen LogP contribution in [0.15, 0.2) is 53.1 Å². The van der Waals surface area contributed by atoms with Crippen LogP contribution >= 0.6 is 0 Å². The lowest BCUT2D eigenvalue weighted by Crippen LogP contribution is -2.38. The van der Waals surface area contributed by atoms with E-state index in [4.69, 9.17) is 14.0 Å². The van der Waals surface area contributed by atoms with E-state index in [9.17, 15) is 4.79 Å². The SMILES string of the molecule is O=C(c1ccccc1)[C@H]1CCCN(Cc2nc(-c3ccc4c(c3)OCO4)no2)C1. The molecule has 2 aliphatic heterocycles. The van der Waals surface area contributed by atoms with Crippen LogP contribution in [0.25, 0.3) is 11.4 Å². The molecule has 0 spiro atoms. The van der Waals surface area contributed by atoms with E-state index in [1.54, 1.807) is 0 Å². The molecule has 0 bridgehead atoms. The van der Waals surface area contributed by atoms with Crippen molar-refractivity contribution in [1.82, 2.24) is 15.0 Å². The normalized spacial score (nSPS) is 18.7. The summed E-state index contributed by atoms with van der Waals surface area (Å²) in [6.07, 6.45) is 1.89. The van der Waals surface area contributed by atoms with Gasteiger partial charge in [0.05, 0.1) is 6.54 Å². The maximum atomic E-state index is 12.8. The molecule has 1 aromatic heterocycles. The van der Waals surface area contributed by atoms with E-state index in [-0.39, 0.29) is 18.5 Å². The highest BCUT2D eigenvalue weighted by Crippen LogP contribution is 2.35. The fourth-order valence-electron chi connectivity index (χ4n) is 3.91. The zero-order chi connectivity index (χ0) is 19.6. The zero-order valence-electron chi connectivity index (χ0n) is 15.9. The molecule has 5 rings (SSSR count). The van der Waals surface area contributed by atoms with E-state index in [1.165, 1.54) is 0 Å². The Morgan fingerprint density at radius 1 is 1.10 bits per heavy atom. The maximum Gasteiger partial charge on any atom is 0.241 e. The summed E-state index contributed by atoms with van der Waals surface area (Å²) in [5.41, 5.74) is 1.60. The average molecular weight is 391 g/mol. The number of piperidine rings is 1. The minimum Gasteiger partial charge on any atom is -0.454 e. The van der Waals surface area contributed by atoms with E-state index in [0.29, 0.717) is 30.6 Å². The van der Waals surface area contributed by atoms with Gasteiger partial charge in [-0.25, -0.2) is 0 Å². The fraction of sp³-hybridized carbons (Fsp3) is 0.318. The number of hydrogen-bond acceptors (Lipinski definition) is 7. The Hall–Kier alpha value is -3.19. The quantitative estimate of drug-likeness (QED) is 0.616. The van der Waals surface area contributed by atoms with Crippen molar-refractivity contribution in [2.75, 3.05) is 19.9 Å². The number of fused-ring (bicyclic) bond motifs is 1. The number of hydrogen-bond donors (Lipinski definition) is 0. The lowest BCUT2D eigenvalue weighted by molar-refractivity contribution is 0.0797. The van der Waals surface area contributed by atoms with E-state index >= 15 is 0 Å². The molecule has 2 aromatic carbocycles. The van der Waals surface area contributed by atoms with Gasteiger partial charge >= 0.3 is 0 Å². The molecular weight excluding hydrogens is 370 g/mol. The monoisotopic (exact) mass is 391 g/mol. The molecular formula is C22H21N3O4. The summed E-state index contributed by atoms with van der Waals surface area (Å²) in [5, 5.41) is 4.10. The second kappa shape index (κ2) is 7.67. The standard InChI is InChI=1S/C22H21N3O4/c26-21(15-5-2-1-3-6-15)17-7-4-10-25(12-17)13-20-23-22(24-29-20)16-8-9-18-19(11-16)28-14-27-18/h1-3,5-6,8-9,11,17H,4,7,10,12-14H2/t17-/m0/s1. The van der Waals surface area contributed by atoms with Gasteiger partial charge in [0.2, 0.25) is 18.5 Å². The molecule has 0 saturated carbocycles. The summed E-state index contributed by atoms with van der Waals surface area (Å²) < 4.78 is 16.2. The fourth-order valence-corrected chi connectivity index (χ4v) is 3.91. The van der Waals surface area contributed by atoms with Gasteiger partial charge in [-0.3, -0.25) is 9.69 Å². The first kappa shape index (κ1) is 17.9. The minimum atomic E-state index is 0.00222. The third-order valence-corrected chi connectivity index (χ3v) is 5.39. The van der Waals surface area contributed by atoms with Crippen molar-refractivity contribution in [3.63, 3.8) is 0 Å². The Morgan fingerprint density at radius 3 is 2.86 bits per heavy atom. The molecule has 7 nitrogen and oxygen atoms in total. The van der Waals surface area contributed by atoms with Gasteiger partial charge in [0.25, 0.3) is 0 Å². The number of carbonyl (C=O) groups excluding carboxylic acids is 1. The van der Waals surface area contributed by atoms with Crippen molar-refractivity contribution in [2.24, 2.45) is 5.92 Å². The molecule has 1 atom stereocenters. The Kier molecular flexibility index (Phi) is 4.73. The molecule has 1 fully saturated rings. The van der Waals surface area contributed by atoms with Crippen LogP contribution in [-0.4, -0.2) is 40.7 Å². The van der Waals surface area contributed by atoms with Crippen molar-refractivity contribution in [1.29, 1.82) is 0 Å². The van der Waals surface area contributed by atoms with Crippen LogP contribution in [0.3, 0.4) is 0 Å². The molecule has 0 unspecified atom stereocenters. The molecule has 148 valence electrons. The second-order valence-electron chi connectivity index (χ2n) is 7.38. The van der Waals surface area contributed by atoms with Crippen molar-refractivity contribution in [3.8, 4) is 22.9 Å². The Morgan fingerprint density at radius 2 is 1.97 bits per heavy atom. The van der Waals surface area contributed by atoms with Gasteiger partial charge in [-0.2, -0.15) is 4.98 Å². The molecule has 29 heavy (non-hydrogen) atoms. The van der Waals surface area contributed by atoms with E-state index in [1.807, 2.05) is 48.5 Å². The lowest BCUT2D eigenvalue weighted by atomic mass is 9.90. The lowest BCUT2D eigenvalue weighted by Gasteiger charge is -2.30. The summed E-state index contributed by atoms with van der Waals surface area (Å²) in [6.45, 7) is 2.39. The predicted octanol–water partition coefficient (Wildman–Crippen LogP) is 3.56. The van der Waals surface area contributed by atoms with Crippen LogP contribution in [0.5, 0.6) is 11.5 Å². The minimum absolute atomic E-state index is 0.00222. The van der Waals surface area contributed by atoms with Crippen molar-refractivity contribution >= 4 is 5.78 Å². The molecule has 0 radical (unpaired) electrons. The number of aromatic nitrogens is 2. The van der Waals surface area contributed by atoms with Crippen LogP contribution in [0.2, 0.25) is 0 Å². The number of rotatable bonds is 5. The van der Waals surface area contributed by atoms with Crippen LogP contribution in [-0.2, 0) is 6.54 Å². The molecule has 7 heteroatoms. The smallest absolute Gasteiger partial charge is 0.241 e. The summed E-state index contributed by atoms with van der Waals surface area (Å²) >= 11 is 0. The summed E-state index contributed by atoms with van der Waals surface area (Å²) in [6, 6.07) is 15.1. The zero-order valence-corrected chi connectivity index (χ0v) is 15.9. The van der Waals surface area contributed by atoms with Crippen LogP contribution < -0.4 is 9.47 Å². The largest absolute Gasteiger partial charge is 0.454 e. The van der Waals surface area contributed by atoms with Crippen molar-refractivity contribution in [2.45, 2.75) is 19.4 Å². The third kappa shape index (κ3) is 3.73. The van der Waals surface area contributed by atoms with E-state index in [0.717, 1.165) is 36.3 Å². The van der Waals surface area contributed by atoms with Crippen LogP contribution in [0.1, 0.15) is 29.1 Å². The highest BCUT2D eigenvalue weighted by molar-refractivity contribution is 5.98. The first-order valence-electron chi connectivity index (χ1n) is 9.80. The van der Waals surface area contributed by atoms with Crippen molar-refractivity contribution < 1.29 is 18.8 Å². The number of ether oxygens (including phenoxy) is 2. The summed E-state index contributed by atoms with van der Waals surface area (Å²) in [4.78, 5) is 19.5. The number of ketones is 1. The first-order chi connectivity index (χ1) is 14.3.